The van der Waals surface area contributed by atoms with Gasteiger partial charge in [0.2, 0.25) is 0 Å². The first-order valence-electron chi connectivity index (χ1n) is 6.05. The minimum absolute atomic E-state index is 0.496. The van der Waals surface area contributed by atoms with Crippen LogP contribution in [0.4, 0.5) is 0 Å². The number of nitrogens with zero attached hydrogens (tertiary/aromatic N) is 2. The zero-order valence-electron chi connectivity index (χ0n) is 10.4. The van der Waals surface area contributed by atoms with Crippen LogP contribution < -0.4 is 5.73 Å². The first-order valence-corrected chi connectivity index (χ1v) is 6.84. The first kappa shape index (κ1) is 13.2. The minimum atomic E-state index is 0.496. The largest absolute Gasteiger partial charge is 0.326 e. The van der Waals surface area contributed by atoms with Crippen molar-refractivity contribution in [1.29, 1.82) is 0 Å². The molecule has 1 heterocycles. The smallest absolute Gasteiger partial charge is 0.159 e. The number of hydrogen-bond acceptors (Lipinski definition) is 3. The second kappa shape index (κ2) is 6.07. The van der Waals surface area contributed by atoms with Crippen molar-refractivity contribution in [2.45, 2.75) is 26.3 Å². The summed E-state index contributed by atoms with van der Waals surface area (Å²) in [6.45, 7) is 2.64. The lowest BCUT2D eigenvalue weighted by molar-refractivity contribution is 0.840. The van der Waals surface area contributed by atoms with Crippen LogP contribution in [-0.4, -0.2) is 9.97 Å². The van der Waals surface area contributed by atoms with E-state index in [1.807, 2.05) is 30.5 Å². The molecular weight excluding hydrogens is 290 g/mol. The van der Waals surface area contributed by atoms with Gasteiger partial charge < -0.3 is 5.73 Å². The van der Waals surface area contributed by atoms with E-state index < -0.39 is 0 Å². The molecule has 18 heavy (non-hydrogen) atoms. The molecule has 1 aromatic carbocycles. The van der Waals surface area contributed by atoms with Gasteiger partial charge in [-0.05, 0) is 18.6 Å². The quantitative estimate of drug-likeness (QED) is 0.943. The summed E-state index contributed by atoms with van der Waals surface area (Å²) in [5, 5.41) is 0. The van der Waals surface area contributed by atoms with Gasteiger partial charge in [0.1, 0.15) is 0 Å². The van der Waals surface area contributed by atoms with Gasteiger partial charge >= 0.3 is 0 Å². The van der Waals surface area contributed by atoms with E-state index in [0.717, 1.165) is 40.0 Å². The Labute approximate surface area is 116 Å². The molecule has 0 saturated carbocycles. The number of rotatable bonds is 4. The summed E-state index contributed by atoms with van der Waals surface area (Å²) in [7, 11) is 0. The maximum absolute atomic E-state index is 5.70. The van der Waals surface area contributed by atoms with Crippen LogP contribution in [0.3, 0.4) is 0 Å². The summed E-state index contributed by atoms with van der Waals surface area (Å²) in [5.41, 5.74) is 8.83. The van der Waals surface area contributed by atoms with Crippen LogP contribution in [-0.2, 0) is 13.0 Å². The molecule has 2 N–H and O–H groups in total. The van der Waals surface area contributed by atoms with E-state index in [9.17, 15) is 0 Å². The number of aromatic nitrogens is 2. The molecule has 2 aromatic rings. The Morgan fingerprint density at radius 1 is 1.22 bits per heavy atom. The Morgan fingerprint density at radius 3 is 2.56 bits per heavy atom. The van der Waals surface area contributed by atoms with Gasteiger partial charge in [0.05, 0.1) is 0 Å². The average Bonchev–Trinajstić information content (AvgIpc) is 2.40. The minimum Gasteiger partial charge on any atom is -0.326 e. The van der Waals surface area contributed by atoms with Crippen molar-refractivity contribution in [1.82, 2.24) is 9.97 Å². The summed E-state index contributed by atoms with van der Waals surface area (Å²) in [4.78, 5) is 9.01. The molecule has 0 atom stereocenters. The second-order valence-corrected chi connectivity index (χ2v) is 5.04. The highest BCUT2D eigenvalue weighted by Crippen LogP contribution is 2.19. The van der Waals surface area contributed by atoms with E-state index in [-0.39, 0.29) is 0 Å². The lowest BCUT2D eigenvalue weighted by atomic mass is 10.1. The number of benzene rings is 1. The molecule has 1 aromatic heterocycles. The van der Waals surface area contributed by atoms with Gasteiger partial charge in [-0.15, -0.1) is 0 Å². The number of aryl methyl sites for hydroxylation is 1. The molecule has 0 saturated heterocycles. The average molecular weight is 306 g/mol. The number of nitrogens with two attached hydrogens (primary N) is 1. The molecule has 0 aliphatic heterocycles. The van der Waals surface area contributed by atoms with Crippen LogP contribution in [0.5, 0.6) is 0 Å². The van der Waals surface area contributed by atoms with Crippen LogP contribution in [0, 0.1) is 0 Å². The lowest BCUT2D eigenvalue weighted by Crippen LogP contribution is -2.06. The van der Waals surface area contributed by atoms with Crippen LogP contribution in [0.1, 0.15) is 24.6 Å². The maximum Gasteiger partial charge on any atom is 0.159 e. The molecule has 0 unspecified atom stereocenters. The molecule has 0 fully saturated rings. The first-order chi connectivity index (χ1) is 8.74. The fourth-order valence-electron chi connectivity index (χ4n) is 1.80. The van der Waals surface area contributed by atoms with E-state index in [1.54, 1.807) is 0 Å². The summed E-state index contributed by atoms with van der Waals surface area (Å²) in [6.07, 6.45) is 3.84. The van der Waals surface area contributed by atoms with Gasteiger partial charge in [-0.3, -0.25) is 0 Å². The van der Waals surface area contributed by atoms with Crippen molar-refractivity contribution in [3.63, 3.8) is 0 Å². The maximum atomic E-state index is 5.70. The Kier molecular flexibility index (Phi) is 4.44. The molecule has 0 amide bonds. The van der Waals surface area contributed by atoms with Gasteiger partial charge in [-0.1, -0.05) is 41.4 Å². The SMILES string of the molecule is CCCc1nc(-c2ccc(Br)cc2)ncc1CN. The Morgan fingerprint density at radius 2 is 1.94 bits per heavy atom. The molecule has 0 aliphatic rings. The van der Waals surface area contributed by atoms with Gasteiger partial charge in [0.15, 0.2) is 5.82 Å². The number of hydrogen-bond donors (Lipinski definition) is 1. The fraction of sp³-hybridized carbons (Fsp3) is 0.286. The highest BCUT2D eigenvalue weighted by molar-refractivity contribution is 9.10. The van der Waals surface area contributed by atoms with Crippen molar-refractivity contribution in [2.24, 2.45) is 5.73 Å². The Hall–Kier alpha value is -1.26. The van der Waals surface area contributed by atoms with Crippen LogP contribution in [0.25, 0.3) is 11.4 Å². The van der Waals surface area contributed by atoms with Crippen molar-refractivity contribution in [3.8, 4) is 11.4 Å². The van der Waals surface area contributed by atoms with Crippen molar-refractivity contribution in [2.75, 3.05) is 0 Å². The van der Waals surface area contributed by atoms with E-state index in [1.165, 1.54) is 0 Å². The van der Waals surface area contributed by atoms with E-state index in [0.29, 0.717) is 6.54 Å². The van der Waals surface area contributed by atoms with Crippen molar-refractivity contribution >= 4 is 15.9 Å². The van der Waals surface area contributed by atoms with Crippen LogP contribution >= 0.6 is 15.9 Å². The van der Waals surface area contributed by atoms with Crippen molar-refractivity contribution in [3.05, 3.63) is 46.2 Å². The van der Waals surface area contributed by atoms with E-state index in [2.05, 4.69) is 32.8 Å². The second-order valence-electron chi connectivity index (χ2n) is 4.13. The zero-order valence-corrected chi connectivity index (χ0v) is 11.9. The standard InChI is InChI=1S/C14H16BrN3/c1-2-3-13-11(8-16)9-17-14(18-13)10-4-6-12(15)7-5-10/h4-7,9H,2-3,8,16H2,1H3. The highest BCUT2D eigenvalue weighted by atomic mass is 79.9. The van der Waals surface area contributed by atoms with Gasteiger partial charge in [-0.2, -0.15) is 0 Å². The third-order valence-corrected chi connectivity index (χ3v) is 3.29. The van der Waals surface area contributed by atoms with Crippen LogP contribution in [0.15, 0.2) is 34.9 Å². The van der Waals surface area contributed by atoms with Crippen molar-refractivity contribution < 1.29 is 0 Å². The summed E-state index contributed by atoms with van der Waals surface area (Å²) in [5.74, 6) is 0.767. The number of halogens is 1. The lowest BCUT2D eigenvalue weighted by Gasteiger charge is -2.08. The van der Waals surface area contributed by atoms with Crippen LogP contribution in [0.2, 0.25) is 0 Å². The predicted molar refractivity (Wildman–Crippen MR) is 77.1 cm³/mol. The van der Waals surface area contributed by atoms with Gasteiger partial charge in [0.25, 0.3) is 0 Å². The Balaban J connectivity index is 2.39. The monoisotopic (exact) mass is 305 g/mol. The zero-order chi connectivity index (χ0) is 13.0. The topological polar surface area (TPSA) is 51.8 Å². The third kappa shape index (κ3) is 2.94. The Bertz CT molecular complexity index is 523. The summed E-state index contributed by atoms with van der Waals surface area (Å²) >= 11 is 3.42. The molecular formula is C14H16BrN3. The highest BCUT2D eigenvalue weighted by Gasteiger charge is 2.07. The molecule has 2 rings (SSSR count). The predicted octanol–water partition coefficient (Wildman–Crippen LogP) is 3.32. The normalized spacial score (nSPS) is 10.6. The summed E-state index contributed by atoms with van der Waals surface area (Å²) < 4.78 is 1.05. The third-order valence-electron chi connectivity index (χ3n) is 2.76. The van der Waals surface area contributed by atoms with E-state index in [4.69, 9.17) is 5.73 Å². The molecule has 0 bridgehead atoms. The van der Waals surface area contributed by atoms with E-state index >= 15 is 0 Å². The molecule has 4 heteroatoms. The van der Waals surface area contributed by atoms with Gasteiger partial charge in [-0.25, -0.2) is 9.97 Å². The molecule has 0 radical (unpaired) electrons. The molecule has 0 aliphatic carbocycles. The fourth-order valence-corrected chi connectivity index (χ4v) is 2.07. The summed E-state index contributed by atoms with van der Waals surface area (Å²) in [6, 6.07) is 8.01. The molecule has 3 nitrogen and oxygen atoms in total. The molecule has 94 valence electrons. The molecule has 0 spiro atoms. The van der Waals surface area contributed by atoms with Gasteiger partial charge in [0, 0.05) is 34.0 Å².